The van der Waals surface area contributed by atoms with E-state index >= 15 is 0 Å². The Bertz CT molecular complexity index is 885. The first kappa shape index (κ1) is 17.1. The maximum absolute atomic E-state index is 12.6. The number of nitrogens with one attached hydrogen (secondary N) is 1. The van der Waals surface area contributed by atoms with Gasteiger partial charge in [0.1, 0.15) is 0 Å². The highest BCUT2D eigenvalue weighted by atomic mass is 79.9. The van der Waals surface area contributed by atoms with Gasteiger partial charge in [0, 0.05) is 29.8 Å². The van der Waals surface area contributed by atoms with Gasteiger partial charge in [-0.15, -0.1) is 0 Å². The van der Waals surface area contributed by atoms with Crippen LogP contribution in [0.25, 0.3) is 0 Å². The molecule has 0 aliphatic carbocycles. The molecule has 126 valence electrons. The van der Waals surface area contributed by atoms with E-state index in [0.29, 0.717) is 22.4 Å². The summed E-state index contributed by atoms with van der Waals surface area (Å²) in [5.41, 5.74) is 2.24. The van der Waals surface area contributed by atoms with Crippen molar-refractivity contribution in [2.24, 2.45) is 0 Å². The fourth-order valence-corrected chi connectivity index (χ4v) is 4.78. The summed E-state index contributed by atoms with van der Waals surface area (Å²) in [5, 5.41) is 0. The molecule has 24 heavy (non-hydrogen) atoms. The van der Waals surface area contributed by atoms with E-state index < -0.39 is 10.0 Å². The Labute approximate surface area is 149 Å². The number of sulfonamides is 1. The third-order valence-corrected chi connectivity index (χ3v) is 6.23. The predicted octanol–water partition coefficient (Wildman–Crippen LogP) is 2.23. The van der Waals surface area contributed by atoms with Crippen molar-refractivity contribution in [2.45, 2.75) is 24.8 Å². The van der Waals surface area contributed by atoms with E-state index in [-0.39, 0.29) is 17.3 Å². The van der Waals surface area contributed by atoms with E-state index in [2.05, 4.69) is 25.6 Å². The summed E-state index contributed by atoms with van der Waals surface area (Å²) in [6.07, 6.45) is 2.33. The molecular weight excluding hydrogens is 394 g/mol. The van der Waals surface area contributed by atoms with Gasteiger partial charge in [-0.3, -0.25) is 9.78 Å². The summed E-state index contributed by atoms with van der Waals surface area (Å²) in [7, 11) is -3.73. The SMILES string of the molecule is CC(=O)N1CCc2cc(Br)c(S(=O)(=O)NCc3ccccn3)cc21. The first-order chi connectivity index (χ1) is 11.4. The fraction of sp³-hybridized carbons (Fsp3) is 0.250. The molecule has 1 aromatic heterocycles. The lowest BCUT2D eigenvalue weighted by atomic mass is 10.2. The summed E-state index contributed by atoms with van der Waals surface area (Å²) in [4.78, 5) is 17.5. The summed E-state index contributed by atoms with van der Waals surface area (Å²) in [6, 6.07) is 8.64. The molecule has 0 radical (unpaired) electrons. The number of rotatable bonds is 4. The van der Waals surface area contributed by atoms with Crippen LogP contribution in [0.4, 0.5) is 5.69 Å². The van der Waals surface area contributed by atoms with Crippen LogP contribution in [-0.4, -0.2) is 25.9 Å². The molecule has 0 unspecified atom stereocenters. The maximum Gasteiger partial charge on any atom is 0.242 e. The lowest BCUT2D eigenvalue weighted by Crippen LogP contribution is -2.27. The highest BCUT2D eigenvalue weighted by Crippen LogP contribution is 2.35. The summed E-state index contributed by atoms with van der Waals surface area (Å²) in [5.74, 6) is -0.0964. The third-order valence-electron chi connectivity index (χ3n) is 3.87. The van der Waals surface area contributed by atoms with Crippen molar-refractivity contribution < 1.29 is 13.2 Å². The van der Waals surface area contributed by atoms with Gasteiger partial charge >= 0.3 is 0 Å². The van der Waals surface area contributed by atoms with Crippen LogP contribution >= 0.6 is 15.9 Å². The van der Waals surface area contributed by atoms with E-state index in [1.54, 1.807) is 41.4 Å². The molecule has 1 N–H and O–H groups in total. The Balaban J connectivity index is 1.91. The summed E-state index contributed by atoms with van der Waals surface area (Å²) >= 11 is 3.33. The van der Waals surface area contributed by atoms with Gasteiger partial charge in [0.15, 0.2) is 0 Å². The van der Waals surface area contributed by atoms with Crippen molar-refractivity contribution in [3.05, 3.63) is 52.3 Å². The monoisotopic (exact) mass is 409 g/mol. The number of amides is 1. The lowest BCUT2D eigenvalue weighted by Gasteiger charge is -2.16. The van der Waals surface area contributed by atoms with E-state index in [1.807, 2.05) is 0 Å². The first-order valence-corrected chi connectivity index (χ1v) is 9.66. The number of carbonyl (C=O) groups is 1. The van der Waals surface area contributed by atoms with Crippen molar-refractivity contribution in [3.63, 3.8) is 0 Å². The van der Waals surface area contributed by atoms with Crippen LogP contribution in [0.2, 0.25) is 0 Å². The number of fused-ring (bicyclic) bond motifs is 1. The second-order valence-electron chi connectivity index (χ2n) is 5.48. The minimum Gasteiger partial charge on any atom is -0.312 e. The standard InChI is InChI=1S/C16H16BrN3O3S/c1-11(21)20-7-5-12-8-14(17)16(9-15(12)20)24(22,23)19-10-13-4-2-3-6-18-13/h2-4,6,8-9,19H,5,7,10H2,1H3. The number of aromatic nitrogens is 1. The maximum atomic E-state index is 12.6. The lowest BCUT2D eigenvalue weighted by molar-refractivity contribution is -0.116. The molecule has 0 saturated heterocycles. The minimum absolute atomic E-state index is 0.0964. The van der Waals surface area contributed by atoms with Crippen molar-refractivity contribution >= 4 is 37.5 Å². The van der Waals surface area contributed by atoms with E-state index in [4.69, 9.17) is 0 Å². The van der Waals surface area contributed by atoms with E-state index in [9.17, 15) is 13.2 Å². The van der Waals surface area contributed by atoms with Gasteiger partial charge in [-0.05, 0) is 52.2 Å². The number of nitrogens with zero attached hydrogens (tertiary/aromatic N) is 2. The van der Waals surface area contributed by atoms with Crippen LogP contribution in [-0.2, 0) is 27.8 Å². The smallest absolute Gasteiger partial charge is 0.242 e. The molecule has 1 aromatic carbocycles. The van der Waals surface area contributed by atoms with Gasteiger partial charge in [-0.25, -0.2) is 13.1 Å². The van der Waals surface area contributed by atoms with Crippen LogP contribution in [0, 0.1) is 0 Å². The molecule has 6 nitrogen and oxygen atoms in total. The Morgan fingerprint density at radius 3 is 2.83 bits per heavy atom. The number of halogens is 1. The van der Waals surface area contributed by atoms with Crippen LogP contribution in [0.3, 0.4) is 0 Å². The molecule has 0 saturated carbocycles. The topological polar surface area (TPSA) is 79.4 Å². The van der Waals surface area contributed by atoms with Crippen molar-refractivity contribution in [3.8, 4) is 0 Å². The molecule has 2 aromatic rings. The second-order valence-corrected chi connectivity index (χ2v) is 8.07. The molecule has 2 heterocycles. The highest BCUT2D eigenvalue weighted by molar-refractivity contribution is 9.10. The average molecular weight is 410 g/mol. The van der Waals surface area contributed by atoms with Gasteiger partial charge in [0.05, 0.1) is 17.1 Å². The van der Waals surface area contributed by atoms with Gasteiger partial charge in [0.2, 0.25) is 15.9 Å². The van der Waals surface area contributed by atoms with Crippen LogP contribution < -0.4 is 9.62 Å². The van der Waals surface area contributed by atoms with E-state index in [0.717, 1.165) is 12.0 Å². The quantitative estimate of drug-likeness (QED) is 0.839. The molecule has 1 aliphatic heterocycles. The van der Waals surface area contributed by atoms with Gasteiger partial charge < -0.3 is 4.90 Å². The average Bonchev–Trinajstić information content (AvgIpc) is 2.96. The first-order valence-electron chi connectivity index (χ1n) is 7.38. The molecule has 1 amide bonds. The Morgan fingerprint density at radius 2 is 2.17 bits per heavy atom. The van der Waals surface area contributed by atoms with Crippen LogP contribution in [0.5, 0.6) is 0 Å². The molecule has 1 aliphatic rings. The Hall–Kier alpha value is -1.77. The molecule has 0 spiro atoms. The molecule has 0 fully saturated rings. The Kier molecular flexibility index (Phi) is 4.71. The molecule has 8 heteroatoms. The molecule has 0 bridgehead atoms. The normalized spacial score (nSPS) is 13.8. The third kappa shape index (κ3) is 3.35. The molecule has 0 atom stereocenters. The zero-order chi connectivity index (χ0) is 17.3. The van der Waals surface area contributed by atoms with Gasteiger partial charge in [0.25, 0.3) is 0 Å². The zero-order valence-corrected chi connectivity index (χ0v) is 15.4. The number of carbonyl (C=O) groups excluding carboxylic acids is 1. The number of benzene rings is 1. The largest absolute Gasteiger partial charge is 0.312 e. The van der Waals surface area contributed by atoms with Crippen molar-refractivity contribution in [1.82, 2.24) is 9.71 Å². The van der Waals surface area contributed by atoms with Gasteiger partial charge in [-0.1, -0.05) is 6.07 Å². The predicted molar refractivity (Wildman–Crippen MR) is 94.1 cm³/mol. The van der Waals surface area contributed by atoms with Crippen LogP contribution in [0.1, 0.15) is 18.2 Å². The summed E-state index contributed by atoms with van der Waals surface area (Å²) in [6.45, 7) is 2.15. The van der Waals surface area contributed by atoms with Gasteiger partial charge in [-0.2, -0.15) is 0 Å². The Morgan fingerprint density at radius 1 is 1.38 bits per heavy atom. The van der Waals surface area contributed by atoms with E-state index in [1.165, 1.54) is 6.92 Å². The molecule has 3 rings (SSSR count). The second kappa shape index (κ2) is 6.62. The van der Waals surface area contributed by atoms with Crippen molar-refractivity contribution in [1.29, 1.82) is 0 Å². The highest BCUT2D eigenvalue weighted by Gasteiger charge is 2.27. The number of anilines is 1. The number of pyridine rings is 1. The molecular formula is C16H16BrN3O3S. The fourth-order valence-electron chi connectivity index (χ4n) is 2.67. The minimum atomic E-state index is -3.73. The summed E-state index contributed by atoms with van der Waals surface area (Å²) < 4.78 is 28.3. The number of hydrogen-bond donors (Lipinski definition) is 1. The van der Waals surface area contributed by atoms with Crippen molar-refractivity contribution in [2.75, 3.05) is 11.4 Å². The number of hydrogen-bond acceptors (Lipinski definition) is 4. The zero-order valence-electron chi connectivity index (χ0n) is 13.0. The van der Waals surface area contributed by atoms with Crippen LogP contribution in [0.15, 0.2) is 45.9 Å².